The fraction of sp³-hybridized carbons (Fsp3) is 0.133. The van der Waals surface area contributed by atoms with Gasteiger partial charge in [-0.15, -0.1) is 0 Å². The molecule has 2 rings (SSSR count). The number of halogens is 1. The van der Waals surface area contributed by atoms with Gasteiger partial charge in [0, 0.05) is 0 Å². The van der Waals surface area contributed by atoms with Crippen LogP contribution < -0.4 is 0 Å². The van der Waals surface area contributed by atoms with E-state index in [4.69, 9.17) is 5.11 Å². The van der Waals surface area contributed by atoms with Gasteiger partial charge in [-0.25, -0.2) is 4.39 Å². The first kappa shape index (κ1) is 12.3. The van der Waals surface area contributed by atoms with E-state index < -0.39 is 11.8 Å². The van der Waals surface area contributed by atoms with Crippen LogP contribution in [0.1, 0.15) is 11.1 Å². The second kappa shape index (κ2) is 5.00. The molecular formula is C15H13FO2. The van der Waals surface area contributed by atoms with E-state index in [1.54, 1.807) is 12.1 Å². The topological polar surface area (TPSA) is 37.3 Å². The van der Waals surface area contributed by atoms with Crippen molar-refractivity contribution in [2.24, 2.45) is 0 Å². The zero-order valence-electron chi connectivity index (χ0n) is 9.98. The van der Waals surface area contributed by atoms with Gasteiger partial charge in [0.1, 0.15) is 5.82 Å². The van der Waals surface area contributed by atoms with Crippen molar-refractivity contribution in [1.29, 1.82) is 0 Å². The highest BCUT2D eigenvalue weighted by atomic mass is 19.1. The monoisotopic (exact) mass is 244 g/mol. The fourth-order valence-electron chi connectivity index (χ4n) is 1.88. The van der Waals surface area contributed by atoms with E-state index in [2.05, 4.69) is 0 Å². The molecule has 0 heterocycles. The van der Waals surface area contributed by atoms with Gasteiger partial charge in [-0.2, -0.15) is 0 Å². The van der Waals surface area contributed by atoms with Crippen molar-refractivity contribution in [2.75, 3.05) is 0 Å². The first-order chi connectivity index (χ1) is 8.56. The Morgan fingerprint density at radius 2 is 1.89 bits per heavy atom. The van der Waals surface area contributed by atoms with E-state index in [1.807, 2.05) is 31.2 Å². The average Bonchev–Trinajstić information content (AvgIpc) is 2.31. The van der Waals surface area contributed by atoms with Gasteiger partial charge < -0.3 is 5.11 Å². The van der Waals surface area contributed by atoms with Crippen LogP contribution in [0.25, 0.3) is 11.1 Å². The molecule has 3 heteroatoms. The third-order valence-electron chi connectivity index (χ3n) is 2.74. The largest absolute Gasteiger partial charge is 0.481 e. The molecule has 2 aromatic carbocycles. The van der Waals surface area contributed by atoms with Crippen molar-refractivity contribution in [3.8, 4) is 11.1 Å². The number of aryl methyl sites for hydroxylation is 1. The minimum atomic E-state index is -1.03. The molecule has 0 saturated carbocycles. The van der Waals surface area contributed by atoms with Gasteiger partial charge >= 0.3 is 5.97 Å². The number of hydrogen-bond acceptors (Lipinski definition) is 1. The smallest absolute Gasteiger partial charge is 0.307 e. The molecule has 0 unspecified atom stereocenters. The molecule has 92 valence electrons. The fourth-order valence-corrected chi connectivity index (χ4v) is 1.88. The first-order valence-corrected chi connectivity index (χ1v) is 5.63. The van der Waals surface area contributed by atoms with Crippen molar-refractivity contribution < 1.29 is 14.3 Å². The van der Waals surface area contributed by atoms with E-state index in [9.17, 15) is 9.18 Å². The number of benzene rings is 2. The van der Waals surface area contributed by atoms with E-state index in [0.717, 1.165) is 16.7 Å². The van der Waals surface area contributed by atoms with Crippen LogP contribution in [0.3, 0.4) is 0 Å². The molecule has 0 aliphatic carbocycles. The molecule has 0 amide bonds. The van der Waals surface area contributed by atoms with Gasteiger partial charge in [0.2, 0.25) is 0 Å². The van der Waals surface area contributed by atoms with Crippen molar-refractivity contribution in [2.45, 2.75) is 13.3 Å². The summed E-state index contributed by atoms with van der Waals surface area (Å²) in [6.07, 6.45) is -0.300. The summed E-state index contributed by atoms with van der Waals surface area (Å²) in [7, 11) is 0. The second-order valence-electron chi connectivity index (χ2n) is 4.25. The molecule has 0 aliphatic rings. The van der Waals surface area contributed by atoms with Crippen LogP contribution in [0.15, 0.2) is 42.5 Å². The summed E-state index contributed by atoms with van der Waals surface area (Å²) < 4.78 is 13.5. The SMILES string of the molecule is Cc1cccc(-c2ccc(F)c(CC(=O)O)c2)c1. The van der Waals surface area contributed by atoms with Gasteiger partial charge in [-0.3, -0.25) is 4.79 Å². The highest BCUT2D eigenvalue weighted by Crippen LogP contribution is 2.23. The van der Waals surface area contributed by atoms with Crippen molar-refractivity contribution >= 4 is 5.97 Å². The highest BCUT2D eigenvalue weighted by Gasteiger charge is 2.08. The van der Waals surface area contributed by atoms with E-state index in [1.165, 1.54) is 6.07 Å². The number of rotatable bonds is 3. The number of carboxylic acids is 1. The van der Waals surface area contributed by atoms with E-state index in [-0.39, 0.29) is 12.0 Å². The summed E-state index contributed by atoms with van der Waals surface area (Å²) in [5.41, 5.74) is 3.11. The Morgan fingerprint density at radius 3 is 2.56 bits per heavy atom. The predicted molar refractivity (Wildman–Crippen MR) is 67.9 cm³/mol. The molecule has 0 aliphatic heterocycles. The summed E-state index contributed by atoms with van der Waals surface area (Å²) in [6.45, 7) is 1.98. The number of carboxylic acid groups (broad SMARTS) is 1. The maximum Gasteiger partial charge on any atom is 0.307 e. The molecule has 0 atom stereocenters. The second-order valence-corrected chi connectivity index (χ2v) is 4.25. The average molecular weight is 244 g/mol. The van der Waals surface area contributed by atoms with Crippen LogP contribution in [0.5, 0.6) is 0 Å². The van der Waals surface area contributed by atoms with Crippen LogP contribution in [-0.2, 0) is 11.2 Å². The van der Waals surface area contributed by atoms with Gasteiger partial charge in [-0.1, -0.05) is 35.9 Å². The molecule has 0 bridgehead atoms. The third kappa shape index (κ3) is 2.74. The lowest BCUT2D eigenvalue weighted by molar-refractivity contribution is -0.136. The van der Waals surface area contributed by atoms with Crippen LogP contribution in [0.2, 0.25) is 0 Å². The Bertz CT molecular complexity index is 591. The van der Waals surface area contributed by atoms with Crippen LogP contribution >= 0.6 is 0 Å². The van der Waals surface area contributed by atoms with Gasteiger partial charge in [0.25, 0.3) is 0 Å². The van der Waals surface area contributed by atoms with Crippen molar-refractivity contribution in [3.05, 3.63) is 59.4 Å². The highest BCUT2D eigenvalue weighted by molar-refractivity contribution is 5.72. The standard InChI is InChI=1S/C15H13FO2/c1-10-3-2-4-11(7-10)12-5-6-14(16)13(8-12)9-15(17)18/h2-8H,9H2,1H3,(H,17,18). The zero-order chi connectivity index (χ0) is 13.1. The Balaban J connectivity index is 2.43. The van der Waals surface area contributed by atoms with Gasteiger partial charge in [0.15, 0.2) is 0 Å². The summed E-state index contributed by atoms with van der Waals surface area (Å²) in [5.74, 6) is -1.51. The van der Waals surface area contributed by atoms with Gasteiger partial charge in [0.05, 0.1) is 6.42 Å². The minimum absolute atomic E-state index is 0.210. The summed E-state index contributed by atoms with van der Waals surface area (Å²) in [5, 5.41) is 8.73. The summed E-state index contributed by atoms with van der Waals surface area (Å²) >= 11 is 0. The normalized spacial score (nSPS) is 10.3. The molecule has 0 spiro atoms. The Hall–Kier alpha value is -2.16. The lowest BCUT2D eigenvalue weighted by Gasteiger charge is -2.06. The van der Waals surface area contributed by atoms with Crippen LogP contribution in [0, 0.1) is 12.7 Å². The predicted octanol–water partition coefficient (Wildman–Crippen LogP) is 3.43. The number of carbonyl (C=O) groups is 1. The molecule has 1 N–H and O–H groups in total. The quantitative estimate of drug-likeness (QED) is 0.898. The molecule has 18 heavy (non-hydrogen) atoms. The Labute approximate surface area is 105 Å². The lowest BCUT2D eigenvalue weighted by Crippen LogP contribution is -2.02. The van der Waals surface area contributed by atoms with E-state index in [0.29, 0.717) is 0 Å². The molecule has 2 nitrogen and oxygen atoms in total. The molecule has 0 radical (unpaired) electrons. The maximum atomic E-state index is 13.5. The Kier molecular flexibility index (Phi) is 3.42. The minimum Gasteiger partial charge on any atom is -0.481 e. The maximum absolute atomic E-state index is 13.5. The zero-order valence-corrected chi connectivity index (χ0v) is 9.98. The van der Waals surface area contributed by atoms with Crippen molar-refractivity contribution in [3.63, 3.8) is 0 Å². The third-order valence-corrected chi connectivity index (χ3v) is 2.74. The van der Waals surface area contributed by atoms with Crippen molar-refractivity contribution in [1.82, 2.24) is 0 Å². The molecular weight excluding hydrogens is 231 g/mol. The first-order valence-electron chi connectivity index (χ1n) is 5.63. The summed E-state index contributed by atoms with van der Waals surface area (Å²) in [6, 6.07) is 12.4. The van der Waals surface area contributed by atoms with E-state index >= 15 is 0 Å². The number of aliphatic carboxylic acids is 1. The molecule has 0 fully saturated rings. The Morgan fingerprint density at radius 1 is 1.17 bits per heavy atom. The van der Waals surface area contributed by atoms with Gasteiger partial charge in [-0.05, 0) is 35.7 Å². The molecule has 0 aromatic heterocycles. The summed E-state index contributed by atoms with van der Waals surface area (Å²) in [4.78, 5) is 10.7. The molecule has 0 saturated heterocycles. The molecule has 2 aromatic rings. The number of hydrogen-bond donors (Lipinski definition) is 1. The lowest BCUT2D eigenvalue weighted by atomic mass is 10.00. The van der Waals surface area contributed by atoms with Crippen LogP contribution in [-0.4, -0.2) is 11.1 Å². The van der Waals surface area contributed by atoms with Crippen LogP contribution in [0.4, 0.5) is 4.39 Å².